The second kappa shape index (κ2) is 8.25. The number of hydrogen-bond acceptors (Lipinski definition) is 4. The van der Waals surface area contributed by atoms with Crippen LogP contribution in [-0.2, 0) is 14.8 Å². The van der Waals surface area contributed by atoms with Gasteiger partial charge >= 0.3 is 0 Å². The summed E-state index contributed by atoms with van der Waals surface area (Å²) in [4.78, 5) is 12.2. The van der Waals surface area contributed by atoms with E-state index in [2.05, 4.69) is 0 Å². The fourth-order valence-electron chi connectivity index (χ4n) is 2.89. The molecule has 0 saturated carbocycles. The van der Waals surface area contributed by atoms with Gasteiger partial charge in [-0.1, -0.05) is 13.3 Å². The van der Waals surface area contributed by atoms with Crippen LogP contribution in [0.15, 0.2) is 0 Å². The Kier molecular flexibility index (Phi) is 7.30. The SMILES string of the molecule is CC(N)CCCC(C)C(=O)CC1CCCN(S(C)(=O)=O)C1. The minimum Gasteiger partial charge on any atom is -0.328 e. The molecule has 1 heterocycles. The molecule has 21 heavy (non-hydrogen) atoms. The second-order valence-corrected chi connectivity index (χ2v) is 8.59. The van der Waals surface area contributed by atoms with Crippen LogP contribution in [0.3, 0.4) is 0 Å². The third kappa shape index (κ3) is 6.89. The number of sulfonamides is 1. The molecule has 0 aromatic carbocycles. The Morgan fingerprint density at radius 2 is 2.00 bits per heavy atom. The average molecular weight is 318 g/mol. The lowest BCUT2D eigenvalue weighted by Gasteiger charge is -2.31. The van der Waals surface area contributed by atoms with Gasteiger partial charge in [0.15, 0.2) is 0 Å². The molecule has 3 unspecified atom stereocenters. The summed E-state index contributed by atoms with van der Waals surface area (Å²) < 4.78 is 24.7. The topological polar surface area (TPSA) is 80.5 Å². The van der Waals surface area contributed by atoms with E-state index in [0.717, 1.165) is 32.1 Å². The van der Waals surface area contributed by atoms with Crippen molar-refractivity contribution < 1.29 is 13.2 Å². The van der Waals surface area contributed by atoms with Crippen molar-refractivity contribution in [2.24, 2.45) is 17.6 Å². The Morgan fingerprint density at radius 1 is 1.33 bits per heavy atom. The first-order chi connectivity index (χ1) is 9.70. The molecule has 1 rings (SSSR count). The van der Waals surface area contributed by atoms with Crippen LogP contribution in [0.2, 0.25) is 0 Å². The average Bonchev–Trinajstić information content (AvgIpc) is 2.37. The molecule has 6 heteroatoms. The molecule has 0 spiro atoms. The van der Waals surface area contributed by atoms with Gasteiger partial charge in [0.05, 0.1) is 6.26 Å². The van der Waals surface area contributed by atoms with Crippen LogP contribution < -0.4 is 5.73 Å². The summed E-state index contributed by atoms with van der Waals surface area (Å²) in [5.74, 6) is 0.495. The fourth-order valence-corrected chi connectivity index (χ4v) is 3.83. The lowest BCUT2D eigenvalue weighted by molar-refractivity contribution is -0.123. The van der Waals surface area contributed by atoms with E-state index in [0.29, 0.717) is 19.5 Å². The molecule has 0 radical (unpaired) electrons. The highest BCUT2D eigenvalue weighted by Gasteiger charge is 2.28. The summed E-state index contributed by atoms with van der Waals surface area (Å²) >= 11 is 0. The zero-order chi connectivity index (χ0) is 16.0. The van der Waals surface area contributed by atoms with Crippen molar-refractivity contribution in [2.75, 3.05) is 19.3 Å². The number of rotatable bonds is 8. The van der Waals surface area contributed by atoms with Crippen LogP contribution in [0.1, 0.15) is 52.4 Å². The first-order valence-electron chi connectivity index (χ1n) is 7.93. The maximum absolute atomic E-state index is 12.2. The van der Waals surface area contributed by atoms with Gasteiger partial charge in [0.25, 0.3) is 0 Å². The molecule has 2 N–H and O–H groups in total. The summed E-state index contributed by atoms with van der Waals surface area (Å²) in [6.07, 6.45) is 6.35. The summed E-state index contributed by atoms with van der Waals surface area (Å²) in [7, 11) is -3.13. The van der Waals surface area contributed by atoms with Gasteiger partial charge in [-0.15, -0.1) is 0 Å². The maximum atomic E-state index is 12.2. The van der Waals surface area contributed by atoms with Gasteiger partial charge in [-0.05, 0) is 38.5 Å². The number of nitrogens with two attached hydrogens (primary N) is 1. The van der Waals surface area contributed by atoms with Gasteiger partial charge in [0.1, 0.15) is 5.78 Å². The summed E-state index contributed by atoms with van der Waals surface area (Å²) in [5, 5.41) is 0. The van der Waals surface area contributed by atoms with Crippen molar-refractivity contribution in [3.63, 3.8) is 0 Å². The number of piperidine rings is 1. The zero-order valence-electron chi connectivity index (χ0n) is 13.5. The number of nitrogens with zero attached hydrogens (tertiary/aromatic N) is 1. The molecule has 0 aliphatic carbocycles. The van der Waals surface area contributed by atoms with Gasteiger partial charge in [-0.25, -0.2) is 12.7 Å². The fraction of sp³-hybridized carbons (Fsp3) is 0.933. The van der Waals surface area contributed by atoms with E-state index < -0.39 is 10.0 Å². The third-order valence-corrected chi connectivity index (χ3v) is 5.56. The van der Waals surface area contributed by atoms with E-state index in [1.54, 1.807) is 0 Å². The van der Waals surface area contributed by atoms with Crippen molar-refractivity contribution in [2.45, 2.75) is 58.4 Å². The molecule has 0 aromatic rings. The molecule has 3 atom stereocenters. The van der Waals surface area contributed by atoms with Crippen molar-refractivity contribution in [3.05, 3.63) is 0 Å². The van der Waals surface area contributed by atoms with Crippen molar-refractivity contribution in [1.82, 2.24) is 4.31 Å². The lowest BCUT2D eigenvalue weighted by Crippen LogP contribution is -2.40. The number of Topliss-reactive ketones (excluding diaryl/α,β-unsaturated/α-hetero) is 1. The summed E-state index contributed by atoms with van der Waals surface area (Å²) in [5.41, 5.74) is 5.71. The molecule has 1 fully saturated rings. The molecule has 0 bridgehead atoms. The zero-order valence-corrected chi connectivity index (χ0v) is 14.4. The van der Waals surface area contributed by atoms with E-state index in [1.165, 1.54) is 10.6 Å². The number of ketones is 1. The molecular weight excluding hydrogens is 288 g/mol. The highest BCUT2D eigenvalue weighted by Crippen LogP contribution is 2.24. The monoisotopic (exact) mass is 318 g/mol. The van der Waals surface area contributed by atoms with Gasteiger partial charge in [0.2, 0.25) is 10.0 Å². The third-order valence-electron chi connectivity index (χ3n) is 4.29. The molecule has 0 amide bonds. The lowest BCUT2D eigenvalue weighted by atomic mass is 9.88. The minimum absolute atomic E-state index is 0.0531. The maximum Gasteiger partial charge on any atom is 0.211 e. The molecule has 0 aromatic heterocycles. The number of carbonyl (C=O) groups excluding carboxylic acids is 1. The van der Waals surface area contributed by atoms with Gasteiger partial charge in [0, 0.05) is 31.5 Å². The first-order valence-corrected chi connectivity index (χ1v) is 9.78. The molecule has 1 aliphatic rings. The number of hydrogen-bond donors (Lipinski definition) is 1. The van der Waals surface area contributed by atoms with Crippen LogP contribution in [0.5, 0.6) is 0 Å². The quantitative estimate of drug-likeness (QED) is 0.739. The van der Waals surface area contributed by atoms with E-state index >= 15 is 0 Å². The van der Waals surface area contributed by atoms with Crippen LogP contribution in [-0.4, -0.2) is 43.9 Å². The molecule has 1 saturated heterocycles. The molecule has 1 aliphatic heterocycles. The van der Waals surface area contributed by atoms with E-state index in [1.807, 2.05) is 13.8 Å². The largest absolute Gasteiger partial charge is 0.328 e. The predicted molar refractivity (Wildman–Crippen MR) is 85.4 cm³/mol. The predicted octanol–water partition coefficient (Wildman–Crippen LogP) is 1.77. The molecule has 5 nitrogen and oxygen atoms in total. The van der Waals surface area contributed by atoms with E-state index in [9.17, 15) is 13.2 Å². The molecular formula is C15H30N2O3S. The highest BCUT2D eigenvalue weighted by molar-refractivity contribution is 7.88. The smallest absolute Gasteiger partial charge is 0.211 e. The second-order valence-electron chi connectivity index (χ2n) is 6.61. The normalized spacial score (nSPS) is 23.7. The van der Waals surface area contributed by atoms with E-state index in [4.69, 9.17) is 5.73 Å². The highest BCUT2D eigenvalue weighted by atomic mass is 32.2. The van der Waals surface area contributed by atoms with Crippen molar-refractivity contribution in [3.8, 4) is 0 Å². The van der Waals surface area contributed by atoms with Gasteiger partial charge in [-0.3, -0.25) is 4.79 Å². The van der Waals surface area contributed by atoms with E-state index in [-0.39, 0.29) is 23.7 Å². The van der Waals surface area contributed by atoms with Crippen molar-refractivity contribution in [1.29, 1.82) is 0 Å². The van der Waals surface area contributed by atoms with Gasteiger partial charge < -0.3 is 5.73 Å². The van der Waals surface area contributed by atoms with Crippen molar-refractivity contribution >= 4 is 15.8 Å². The van der Waals surface area contributed by atoms with Crippen LogP contribution in [0, 0.1) is 11.8 Å². The standard InChI is InChI=1S/C15H30N2O3S/c1-12(6-4-7-13(2)16)15(18)10-14-8-5-9-17(11-14)21(3,19)20/h12-14H,4-11,16H2,1-3H3. The summed E-state index contributed by atoms with van der Waals surface area (Å²) in [6, 6.07) is 0.189. The Hall–Kier alpha value is -0.460. The van der Waals surface area contributed by atoms with Crippen LogP contribution >= 0.6 is 0 Å². The Labute approximate surface area is 129 Å². The Morgan fingerprint density at radius 3 is 2.57 bits per heavy atom. The Bertz CT molecular complexity index is 434. The van der Waals surface area contributed by atoms with Gasteiger partial charge in [-0.2, -0.15) is 0 Å². The number of carbonyl (C=O) groups is 1. The summed E-state index contributed by atoms with van der Waals surface area (Å²) in [6.45, 7) is 5.04. The van der Waals surface area contributed by atoms with Crippen LogP contribution in [0.4, 0.5) is 0 Å². The van der Waals surface area contributed by atoms with Crippen LogP contribution in [0.25, 0.3) is 0 Å². The minimum atomic E-state index is -3.13. The molecule has 124 valence electrons. The Balaban J connectivity index is 2.39. The first kappa shape index (κ1) is 18.6.